The lowest BCUT2D eigenvalue weighted by Gasteiger charge is -2.42. The van der Waals surface area contributed by atoms with Crippen LogP contribution in [0, 0.1) is 5.41 Å². The topological polar surface area (TPSA) is 41.6 Å². The maximum atomic E-state index is 11.8. The van der Waals surface area contributed by atoms with Gasteiger partial charge >= 0.3 is 6.09 Å². The van der Waals surface area contributed by atoms with Crippen molar-refractivity contribution >= 4 is 6.09 Å². The van der Waals surface area contributed by atoms with E-state index in [1.165, 1.54) is 32.1 Å². The van der Waals surface area contributed by atoms with Crippen molar-refractivity contribution in [2.45, 2.75) is 71.4 Å². The highest BCUT2D eigenvalue weighted by Crippen LogP contribution is 2.35. The molecule has 116 valence electrons. The molecule has 0 aromatic carbocycles. The third kappa shape index (κ3) is 4.37. The Morgan fingerprint density at radius 1 is 1.25 bits per heavy atom. The summed E-state index contributed by atoms with van der Waals surface area (Å²) in [6, 6.07) is 0.446. The van der Waals surface area contributed by atoms with Crippen molar-refractivity contribution in [1.82, 2.24) is 10.2 Å². The summed E-state index contributed by atoms with van der Waals surface area (Å²) in [5, 5.41) is 3.63. The molecule has 1 aliphatic heterocycles. The van der Waals surface area contributed by atoms with E-state index in [0.717, 1.165) is 19.6 Å². The van der Waals surface area contributed by atoms with E-state index < -0.39 is 5.60 Å². The van der Waals surface area contributed by atoms with Crippen molar-refractivity contribution in [3.05, 3.63) is 0 Å². The van der Waals surface area contributed by atoms with Crippen LogP contribution in [0.1, 0.15) is 59.8 Å². The van der Waals surface area contributed by atoms with E-state index in [1.54, 1.807) is 4.90 Å². The van der Waals surface area contributed by atoms with E-state index in [2.05, 4.69) is 12.2 Å². The van der Waals surface area contributed by atoms with Crippen LogP contribution in [0.3, 0.4) is 0 Å². The first-order chi connectivity index (χ1) is 9.27. The quantitative estimate of drug-likeness (QED) is 0.864. The molecule has 0 spiro atoms. The third-order valence-electron chi connectivity index (χ3n) is 4.41. The van der Waals surface area contributed by atoms with Gasteiger partial charge in [0.05, 0.1) is 0 Å². The smallest absolute Gasteiger partial charge is 0.410 e. The Bertz CT molecular complexity index is 337. The van der Waals surface area contributed by atoms with Gasteiger partial charge in [0.25, 0.3) is 0 Å². The molecule has 20 heavy (non-hydrogen) atoms. The lowest BCUT2D eigenvalue weighted by atomic mass is 9.75. The van der Waals surface area contributed by atoms with Crippen LogP contribution >= 0.6 is 0 Å². The van der Waals surface area contributed by atoms with Crippen molar-refractivity contribution < 1.29 is 9.53 Å². The largest absolute Gasteiger partial charge is 0.444 e. The average molecular weight is 282 g/mol. The predicted molar refractivity (Wildman–Crippen MR) is 80.8 cm³/mol. The van der Waals surface area contributed by atoms with Crippen LogP contribution in [0.4, 0.5) is 4.79 Å². The number of carbonyl (C=O) groups excluding carboxylic acids is 1. The molecule has 1 saturated carbocycles. The van der Waals surface area contributed by atoms with E-state index in [1.807, 2.05) is 20.8 Å². The van der Waals surface area contributed by atoms with Crippen molar-refractivity contribution in [1.29, 1.82) is 0 Å². The van der Waals surface area contributed by atoms with E-state index in [9.17, 15) is 4.79 Å². The first kappa shape index (κ1) is 15.6. The van der Waals surface area contributed by atoms with Crippen LogP contribution in [0.2, 0.25) is 0 Å². The number of carbonyl (C=O) groups is 1. The zero-order valence-corrected chi connectivity index (χ0v) is 13.5. The first-order valence-corrected chi connectivity index (χ1v) is 7.99. The van der Waals surface area contributed by atoms with Crippen molar-refractivity contribution in [2.24, 2.45) is 5.41 Å². The third-order valence-corrected chi connectivity index (χ3v) is 4.41. The second-order valence-electron chi connectivity index (χ2n) is 7.83. The maximum absolute atomic E-state index is 11.8. The van der Waals surface area contributed by atoms with Crippen LogP contribution in [0.15, 0.2) is 0 Å². The number of amides is 1. The fourth-order valence-corrected chi connectivity index (χ4v) is 3.06. The average Bonchev–Trinajstić information content (AvgIpc) is 2.25. The van der Waals surface area contributed by atoms with Gasteiger partial charge in [0.1, 0.15) is 5.60 Å². The minimum atomic E-state index is -0.398. The molecule has 0 aromatic heterocycles. The predicted octanol–water partition coefficient (Wildman–Crippen LogP) is 3.17. The summed E-state index contributed by atoms with van der Waals surface area (Å²) >= 11 is 0. The van der Waals surface area contributed by atoms with Crippen LogP contribution in [-0.4, -0.2) is 42.3 Å². The lowest BCUT2D eigenvalue weighted by molar-refractivity contribution is 0.00398. The molecule has 4 nitrogen and oxygen atoms in total. The number of rotatable bonds is 3. The number of likely N-dealkylation sites (tertiary alicyclic amines) is 1. The van der Waals surface area contributed by atoms with Gasteiger partial charge in [0, 0.05) is 25.7 Å². The van der Waals surface area contributed by atoms with Gasteiger partial charge in [-0.1, -0.05) is 26.2 Å². The van der Waals surface area contributed by atoms with E-state index in [4.69, 9.17) is 4.74 Å². The number of ether oxygens (including phenoxy) is 1. The van der Waals surface area contributed by atoms with Gasteiger partial charge in [0.2, 0.25) is 0 Å². The minimum absolute atomic E-state index is 0.181. The summed E-state index contributed by atoms with van der Waals surface area (Å²) in [6.45, 7) is 10.8. The van der Waals surface area contributed by atoms with Gasteiger partial charge in [0.15, 0.2) is 0 Å². The van der Waals surface area contributed by atoms with Crippen molar-refractivity contribution in [2.75, 3.05) is 19.6 Å². The Labute approximate surface area is 123 Å². The molecule has 1 aliphatic carbocycles. The summed E-state index contributed by atoms with van der Waals surface area (Å²) in [5.74, 6) is 0. The van der Waals surface area contributed by atoms with E-state index in [-0.39, 0.29) is 6.09 Å². The summed E-state index contributed by atoms with van der Waals surface area (Å²) < 4.78 is 5.36. The molecular weight excluding hydrogens is 252 g/mol. The van der Waals surface area contributed by atoms with Crippen LogP contribution in [-0.2, 0) is 4.74 Å². The molecule has 0 bridgehead atoms. The Morgan fingerprint density at radius 3 is 2.40 bits per heavy atom. The van der Waals surface area contributed by atoms with E-state index in [0.29, 0.717) is 11.5 Å². The highest BCUT2D eigenvalue weighted by molar-refractivity contribution is 5.69. The Balaban J connectivity index is 1.65. The van der Waals surface area contributed by atoms with Gasteiger partial charge < -0.3 is 15.0 Å². The molecule has 0 unspecified atom stereocenters. The van der Waals surface area contributed by atoms with Gasteiger partial charge in [-0.2, -0.15) is 0 Å². The SMILES string of the molecule is CC1(CNC2CN(C(=O)OC(C)(C)C)C2)CCCCC1. The number of hydrogen-bond donors (Lipinski definition) is 1. The van der Waals surface area contributed by atoms with E-state index >= 15 is 0 Å². The number of nitrogens with zero attached hydrogens (tertiary/aromatic N) is 1. The molecule has 2 rings (SSSR count). The highest BCUT2D eigenvalue weighted by Gasteiger charge is 2.35. The second-order valence-corrected chi connectivity index (χ2v) is 7.83. The number of hydrogen-bond acceptors (Lipinski definition) is 3. The standard InChI is InChI=1S/C16H30N2O2/c1-15(2,3)20-14(19)18-10-13(11-18)17-12-16(4)8-6-5-7-9-16/h13,17H,5-12H2,1-4H3. The molecule has 4 heteroatoms. The molecule has 2 fully saturated rings. The van der Waals surface area contributed by atoms with Crippen molar-refractivity contribution in [3.63, 3.8) is 0 Å². The van der Waals surface area contributed by atoms with Crippen LogP contribution in [0.5, 0.6) is 0 Å². The normalized spacial score (nSPS) is 23.3. The van der Waals surface area contributed by atoms with Crippen molar-refractivity contribution in [3.8, 4) is 0 Å². The van der Waals surface area contributed by atoms with Gasteiger partial charge in [-0.3, -0.25) is 0 Å². The Morgan fingerprint density at radius 2 is 1.85 bits per heavy atom. The lowest BCUT2D eigenvalue weighted by Crippen LogP contribution is -2.61. The summed E-state index contributed by atoms with van der Waals surface area (Å²) in [6.07, 6.45) is 6.62. The number of nitrogens with one attached hydrogen (secondary N) is 1. The Hall–Kier alpha value is -0.770. The van der Waals surface area contributed by atoms with Crippen LogP contribution in [0.25, 0.3) is 0 Å². The van der Waals surface area contributed by atoms with Gasteiger partial charge in [-0.25, -0.2) is 4.79 Å². The fraction of sp³-hybridized carbons (Fsp3) is 0.938. The first-order valence-electron chi connectivity index (χ1n) is 7.99. The Kier molecular flexibility index (Phi) is 4.62. The molecule has 0 radical (unpaired) electrons. The highest BCUT2D eigenvalue weighted by atomic mass is 16.6. The summed E-state index contributed by atoms with van der Waals surface area (Å²) in [5.41, 5.74) is 0.0652. The second kappa shape index (κ2) is 5.92. The molecule has 1 N–H and O–H groups in total. The fourth-order valence-electron chi connectivity index (χ4n) is 3.06. The molecule has 0 aromatic rings. The monoisotopic (exact) mass is 282 g/mol. The molecule has 1 saturated heterocycles. The molecular formula is C16H30N2O2. The van der Waals surface area contributed by atoms with Gasteiger partial charge in [-0.05, 0) is 39.0 Å². The van der Waals surface area contributed by atoms with Crippen LogP contribution < -0.4 is 5.32 Å². The summed E-state index contributed by atoms with van der Waals surface area (Å²) in [4.78, 5) is 13.6. The maximum Gasteiger partial charge on any atom is 0.410 e. The minimum Gasteiger partial charge on any atom is -0.444 e. The van der Waals surface area contributed by atoms with Gasteiger partial charge in [-0.15, -0.1) is 0 Å². The zero-order chi connectivity index (χ0) is 14.8. The molecule has 1 amide bonds. The molecule has 2 aliphatic rings. The summed E-state index contributed by atoms with van der Waals surface area (Å²) in [7, 11) is 0. The molecule has 0 atom stereocenters. The zero-order valence-electron chi connectivity index (χ0n) is 13.5. The molecule has 1 heterocycles.